The molecule has 3 aromatic carbocycles. The highest BCUT2D eigenvalue weighted by atomic mass is 16.5. The standard InChI is InChI=1S/C29H36O2/c1-5-10-23(3)22-31-29(25-12-8-7-9-13-25,27-18-20-28(30-4)21-19-27)26-16-14-24(11-6-2)15-17-26/h7-9,12-21,23H,5-6,10-11,22H2,1-4H3. The molecule has 0 saturated carbocycles. The molecule has 3 aromatic rings. The summed E-state index contributed by atoms with van der Waals surface area (Å²) < 4.78 is 12.4. The molecule has 0 N–H and O–H groups in total. The minimum atomic E-state index is -0.666. The molecule has 2 unspecified atom stereocenters. The third-order valence-corrected chi connectivity index (χ3v) is 5.94. The Bertz CT molecular complexity index is 900. The van der Waals surface area contributed by atoms with Crippen LogP contribution < -0.4 is 4.74 Å². The van der Waals surface area contributed by atoms with Crippen molar-refractivity contribution < 1.29 is 9.47 Å². The number of aryl methyl sites for hydroxylation is 1. The van der Waals surface area contributed by atoms with E-state index < -0.39 is 5.60 Å². The van der Waals surface area contributed by atoms with E-state index in [4.69, 9.17) is 9.47 Å². The fourth-order valence-corrected chi connectivity index (χ4v) is 4.29. The van der Waals surface area contributed by atoms with Gasteiger partial charge in [0.15, 0.2) is 0 Å². The number of rotatable bonds is 11. The molecule has 164 valence electrons. The molecule has 0 saturated heterocycles. The summed E-state index contributed by atoms with van der Waals surface area (Å²) in [6.07, 6.45) is 4.56. The third-order valence-electron chi connectivity index (χ3n) is 5.94. The van der Waals surface area contributed by atoms with E-state index in [1.54, 1.807) is 7.11 Å². The molecule has 2 heteroatoms. The lowest BCUT2D eigenvalue weighted by atomic mass is 9.79. The number of methoxy groups -OCH3 is 1. The SMILES string of the molecule is CCCc1ccc(C(OCC(C)CCC)(c2ccccc2)c2ccc(OC)cc2)cc1. The Labute approximate surface area is 188 Å². The molecule has 2 atom stereocenters. The first-order chi connectivity index (χ1) is 15.1. The van der Waals surface area contributed by atoms with E-state index in [9.17, 15) is 0 Å². The largest absolute Gasteiger partial charge is 0.497 e. The topological polar surface area (TPSA) is 18.5 Å². The first-order valence-corrected chi connectivity index (χ1v) is 11.6. The smallest absolute Gasteiger partial charge is 0.143 e. The Hall–Kier alpha value is -2.58. The molecule has 0 aliphatic rings. The summed E-state index contributed by atoms with van der Waals surface area (Å²) in [5, 5.41) is 0. The van der Waals surface area contributed by atoms with Crippen molar-refractivity contribution in [2.45, 2.75) is 52.1 Å². The average molecular weight is 417 g/mol. The van der Waals surface area contributed by atoms with Gasteiger partial charge >= 0.3 is 0 Å². The van der Waals surface area contributed by atoms with E-state index in [0.29, 0.717) is 12.5 Å². The van der Waals surface area contributed by atoms with E-state index in [1.165, 1.54) is 5.56 Å². The molecule has 0 aliphatic carbocycles. The van der Waals surface area contributed by atoms with Gasteiger partial charge in [-0.05, 0) is 53.1 Å². The molecular formula is C29H36O2. The van der Waals surface area contributed by atoms with Crippen molar-refractivity contribution in [1.82, 2.24) is 0 Å². The van der Waals surface area contributed by atoms with Crippen LogP contribution in [0.25, 0.3) is 0 Å². The zero-order valence-corrected chi connectivity index (χ0v) is 19.4. The van der Waals surface area contributed by atoms with Crippen molar-refractivity contribution in [1.29, 1.82) is 0 Å². The van der Waals surface area contributed by atoms with Crippen molar-refractivity contribution in [2.24, 2.45) is 5.92 Å². The molecule has 0 fully saturated rings. The quantitative estimate of drug-likeness (QED) is 0.303. The van der Waals surface area contributed by atoms with Crippen LogP contribution in [-0.4, -0.2) is 13.7 Å². The van der Waals surface area contributed by atoms with Crippen LogP contribution in [-0.2, 0) is 16.8 Å². The second-order valence-electron chi connectivity index (χ2n) is 8.43. The van der Waals surface area contributed by atoms with Gasteiger partial charge in [0.25, 0.3) is 0 Å². The molecule has 31 heavy (non-hydrogen) atoms. The molecule has 0 bridgehead atoms. The van der Waals surface area contributed by atoms with Crippen LogP contribution in [0.4, 0.5) is 0 Å². The predicted molar refractivity (Wildman–Crippen MR) is 130 cm³/mol. The van der Waals surface area contributed by atoms with E-state index in [1.807, 2.05) is 12.1 Å². The Morgan fingerprint density at radius 1 is 0.742 bits per heavy atom. The van der Waals surface area contributed by atoms with Crippen LogP contribution in [0.5, 0.6) is 5.75 Å². The summed E-state index contributed by atoms with van der Waals surface area (Å²) in [6.45, 7) is 7.43. The molecule has 3 rings (SSSR count). The molecule has 0 amide bonds. The fraction of sp³-hybridized carbons (Fsp3) is 0.379. The van der Waals surface area contributed by atoms with Crippen LogP contribution in [0.2, 0.25) is 0 Å². The van der Waals surface area contributed by atoms with Crippen molar-refractivity contribution in [3.63, 3.8) is 0 Å². The van der Waals surface area contributed by atoms with Crippen LogP contribution in [0.3, 0.4) is 0 Å². The molecule has 0 spiro atoms. The molecular weight excluding hydrogens is 380 g/mol. The Kier molecular flexibility index (Phi) is 8.31. The van der Waals surface area contributed by atoms with Gasteiger partial charge in [0.2, 0.25) is 0 Å². The molecule has 0 heterocycles. The van der Waals surface area contributed by atoms with Crippen molar-refractivity contribution in [3.8, 4) is 5.75 Å². The fourth-order valence-electron chi connectivity index (χ4n) is 4.29. The van der Waals surface area contributed by atoms with Crippen molar-refractivity contribution in [2.75, 3.05) is 13.7 Å². The molecule has 0 aromatic heterocycles. The van der Waals surface area contributed by atoms with Gasteiger partial charge in [0, 0.05) is 0 Å². The lowest BCUT2D eigenvalue weighted by Crippen LogP contribution is -2.34. The van der Waals surface area contributed by atoms with Crippen molar-refractivity contribution >= 4 is 0 Å². The van der Waals surface area contributed by atoms with Crippen LogP contribution in [0.15, 0.2) is 78.9 Å². The van der Waals surface area contributed by atoms with Gasteiger partial charge in [-0.1, -0.05) is 100 Å². The second-order valence-corrected chi connectivity index (χ2v) is 8.43. The lowest BCUT2D eigenvalue weighted by Gasteiger charge is -2.37. The first kappa shape index (κ1) is 23.1. The predicted octanol–water partition coefficient (Wildman–Crippen LogP) is 7.39. The van der Waals surface area contributed by atoms with E-state index >= 15 is 0 Å². The molecule has 2 nitrogen and oxygen atoms in total. The summed E-state index contributed by atoms with van der Waals surface area (Å²) >= 11 is 0. The molecule has 0 aliphatic heterocycles. The maximum atomic E-state index is 6.93. The van der Waals surface area contributed by atoms with Gasteiger partial charge < -0.3 is 9.47 Å². The monoisotopic (exact) mass is 416 g/mol. The number of ether oxygens (including phenoxy) is 2. The molecule has 0 radical (unpaired) electrons. The minimum absolute atomic E-state index is 0.491. The second kappa shape index (κ2) is 11.2. The van der Waals surface area contributed by atoms with Crippen LogP contribution in [0.1, 0.15) is 62.3 Å². The first-order valence-electron chi connectivity index (χ1n) is 11.6. The normalized spacial score (nSPS) is 14.1. The number of hydrogen-bond donors (Lipinski definition) is 0. The van der Waals surface area contributed by atoms with Gasteiger partial charge in [-0.2, -0.15) is 0 Å². The van der Waals surface area contributed by atoms with E-state index in [2.05, 4.69) is 87.5 Å². The van der Waals surface area contributed by atoms with Gasteiger partial charge in [-0.3, -0.25) is 0 Å². The summed E-state index contributed by atoms with van der Waals surface area (Å²) in [7, 11) is 1.70. The van der Waals surface area contributed by atoms with Gasteiger partial charge in [0.1, 0.15) is 11.4 Å². The average Bonchev–Trinajstić information content (AvgIpc) is 2.82. The lowest BCUT2D eigenvalue weighted by molar-refractivity contribution is -0.00665. The van der Waals surface area contributed by atoms with E-state index in [-0.39, 0.29) is 0 Å². The Morgan fingerprint density at radius 2 is 1.32 bits per heavy atom. The Morgan fingerprint density at radius 3 is 1.87 bits per heavy atom. The van der Waals surface area contributed by atoms with Crippen molar-refractivity contribution in [3.05, 3.63) is 101 Å². The summed E-state index contributed by atoms with van der Waals surface area (Å²) in [4.78, 5) is 0. The van der Waals surface area contributed by atoms with Crippen LogP contribution >= 0.6 is 0 Å². The highest BCUT2D eigenvalue weighted by Crippen LogP contribution is 2.41. The summed E-state index contributed by atoms with van der Waals surface area (Å²) in [5.41, 5.74) is 4.12. The number of hydrogen-bond acceptors (Lipinski definition) is 2. The zero-order chi connectivity index (χ0) is 22.1. The Balaban J connectivity index is 2.16. The highest BCUT2D eigenvalue weighted by molar-refractivity contribution is 5.49. The van der Waals surface area contributed by atoms with Gasteiger partial charge in [-0.15, -0.1) is 0 Å². The number of benzene rings is 3. The maximum Gasteiger partial charge on any atom is 0.143 e. The van der Waals surface area contributed by atoms with E-state index in [0.717, 1.165) is 48.1 Å². The van der Waals surface area contributed by atoms with Crippen LogP contribution in [0, 0.1) is 5.92 Å². The van der Waals surface area contributed by atoms with Gasteiger partial charge in [-0.25, -0.2) is 0 Å². The van der Waals surface area contributed by atoms with Gasteiger partial charge in [0.05, 0.1) is 13.7 Å². The summed E-state index contributed by atoms with van der Waals surface area (Å²) in [6, 6.07) is 27.9. The maximum absolute atomic E-state index is 6.93. The highest BCUT2D eigenvalue weighted by Gasteiger charge is 2.38. The summed E-state index contributed by atoms with van der Waals surface area (Å²) in [5.74, 6) is 1.34. The minimum Gasteiger partial charge on any atom is -0.497 e. The third kappa shape index (κ3) is 5.37. The zero-order valence-electron chi connectivity index (χ0n) is 19.4.